The van der Waals surface area contributed by atoms with Gasteiger partial charge in [0.05, 0.1) is 10.9 Å². The molecular formula is C21H25N3S. The van der Waals surface area contributed by atoms with E-state index in [1.165, 1.54) is 16.8 Å². The average molecular weight is 352 g/mol. The van der Waals surface area contributed by atoms with Gasteiger partial charge in [-0.3, -0.25) is 4.68 Å². The summed E-state index contributed by atoms with van der Waals surface area (Å²) in [6.45, 7) is 2.05. The van der Waals surface area contributed by atoms with Gasteiger partial charge in [0.15, 0.2) is 0 Å². The number of aryl methyl sites for hydroxylation is 1. The highest BCUT2D eigenvalue weighted by atomic mass is 32.2. The van der Waals surface area contributed by atoms with E-state index in [-0.39, 0.29) is 0 Å². The second-order valence-corrected chi connectivity index (χ2v) is 7.48. The second kappa shape index (κ2) is 8.88. The van der Waals surface area contributed by atoms with E-state index in [9.17, 15) is 0 Å². The Morgan fingerprint density at radius 3 is 2.32 bits per heavy atom. The Bertz CT molecular complexity index is 755. The fourth-order valence-corrected chi connectivity index (χ4v) is 4.33. The molecule has 0 saturated carbocycles. The Balaban J connectivity index is 1.61. The summed E-state index contributed by atoms with van der Waals surface area (Å²) in [7, 11) is 4.21. The van der Waals surface area contributed by atoms with Crippen LogP contribution >= 0.6 is 11.8 Å². The first-order chi connectivity index (χ1) is 12.2. The van der Waals surface area contributed by atoms with Gasteiger partial charge in [0.1, 0.15) is 0 Å². The first kappa shape index (κ1) is 17.8. The van der Waals surface area contributed by atoms with Gasteiger partial charge in [0.2, 0.25) is 0 Å². The first-order valence-electron chi connectivity index (χ1n) is 8.61. The number of rotatable bonds is 8. The smallest absolute Gasteiger partial charge is 0.0716 e. The molecule has 1 unspecified atom stereocenters. The van der Waals surface area contributed by atoms with Crippen LogP contribution in [0.2, 0.25) is 0 Å². The summed E-state index contributed by atoms with van der Waals surface area (Å²) in [4.78, 5) is 2.38. The molecule has 0 bridgehead atoms. The summed E-state index contributed by atoms with van der Waals surface area (Å²) in [6, 6.07) is 23.5. The standard InChI is InChI=1S/C21H25N3S/c1-23(17-18-9-5-3-6-10-18)15-16-25-21(19-11-7-4-8-12-19)20-13-14-22-24(20)2/h3-14,21H,15-17H2,1-2H3. The zero-order valence-corrected chi connectivity index (χ0v) is 15.7. The van der Waals surface area contributed by atoms with E-state index < -0.39 is 0 Å². The van der Waals surface area contributed by atoms with E-state index in [1.807, 2.05) is 29.7 Å². The highest BCUT2D eigenvalue weighted by Crippen LogP contribution is 2.35. The maximum Gasteiger partial charge on any atom is 0.0716 e. The Labute approximate surface area is 154 Å². The van der Waals surface area contributed by atoms with Crippen molar-refractivity contribution in [2.45, 2.75) is 11.8 Å². The number of hydrogen-bond acceptors (Lipinski definition) is 3. The lowest BCUT2D eigenvalue weighted by Crippen LogP contribution is -2.21. The predicted octanol–water partition coefficient (Wildman–Crippen LogP) is 4.37. The minimum atomic E-state index is 0.318. The zero-order chi connectivity index (χ0) is 17.5. The van der Waals surface area contributed by atoms with E-state index in [4.69, 9.17) is 0 Å². The quantitative estimate of drug-likeness (QED) is 0.601. The molecule has 0 saturated heterocycles. The molecule has 0 aliphatic rings. The minimum absolute atomic E-state index is 0.318. The molecule has 0 N–H and O–H groups in total. The summed E-state index contributed by atoms with van der Waals surface area (Å²) in [5.41, 5.74) is 3.95. The van der Waals surface area contributed by atoms with Crippen molar-refractivity contribution in [3.8, 4) is 0 Å². The first-order valence-corrected chi connectivity index (χ1v) is 9.66. The Morgan fingerprint density at radius 2 is 1.68 bits per heavy atom. The van der Waals surface area contributed by atoms with Gasteiger partial charge in [-0.2, -0.15) is 5.10 Å². The van der Waals surface area contributed by atoms with Gasteiger partial charge in [0.25, 0.3) is 0 Å². The fourth-order valence-electron chi connectivity index (χ4n) is 2.92. The van der Waals surface area contributed by atoms with Crippen LogP contribution in [-0.2, 0) is 13.6 Å². The van der Waals surface area contributed by atoms with Gasteiger partial charge in [-0.1, -0.05) is 60.7 Å². The van der Waals surface area contributed by atoms with Crippen molar-refractivity contribution in [3.05, 3.63) is 89.7 Å². The summed E-state index contributed by atoms with van der Waals surface area (Å²) < 4.78 is 1.98. The summed E-state index contributed by atoms with van der Waals surface area (Å²) in [5.74, 6) is 1.08. The zero-order valence-electron chi connectivity index (χ0n) is 14.9. The number of nitrogens with zero attached hydrogens (tertiary/aromatic N) is 3. The van der Waals surface area contributed by atoms with Crippen LogP contribution in [0.5, 0.6) is 0 Å². The molecule has 3 rings (SSSR count). The van der Waals surface area contributed by atoms with Crippen LogP contribution in [0.4, 0.5) is 0 Å². The third-order valence-corrected chi connectivity index (χ3v) is 5.55. The van der Waals surface area contributed by atoms with Gasteiger partial charge < -0.3 is 4.90 Å². The van der Waals surface area contributed by atoms with Crippen molar-refractivity contribution in [1.82, 2.24) is 14.7 Å². The van der Waals surface area contributed by atoms with E-state index in [2.05, 4.69) is 83.8 Å². The van der Waals surface area contributed by atoms with Crippen molar-refractivity contribution in [2.24, 2.45) is 7.05 Å². The molecule has 1 aromatic heterocycles. The topological polar surface area (TPSA) is 21.1 Å². The third-order valence-electron chi connectivity index (χ3n) is 4.28. The van der Waals surface area contributed by atoms with Crippen molar-refractivity contribution >= 4 is 11.8 Å². The van der Waals surface area contributed by atoms with Crippen LogP contribution in [0.1, 0.15) is 22.1 Å². The molecule has 0 radical (unpaired) electrons. The lowest BCUT2D eigenvalue weighted by atomic mass is 10.1. The second-order valence-electron chi connectivity index (χ2n) is 6.26. The van der Waals surface area contributed by atoms with E-state index in [0.29, 0.717) is 5.25 Å². The molecular weight excluding hydrogens is 326 g/mol. The Kier molecular flexibility index (Phi) is 6.31. The van der Waals surface area contributed by atoms with E-state index in [0.717, 1.165) is 18.8 Å². The molecule has 0 fully saturated rings. The van der Waals surface area contributed by atoms with E-state index >= 15 is 0 Å². The van der Waals surface area contributed by atoms with Gasteiger partial charge >= 0.3 is 0 Å². The molecule has 0 spiro atoms. The lowest BCUT2D eigenvalue weighted by molar-refractivity contribution is 0.348. The Hall–Kier alpha value is -2.04. The van der Waals surface area contributed by atoms with Crippen LogP contribution in [-0.4, -0.2) is 34.0 Å². The highest BCUT2D eigenvalue weighted by Gasteiger charge is 2.17. The molecule has 4 heteroatoms. The maximum atomic E-state index is 4.35. The SMILES string of the molecule is CN(CCSC(c1ccccc1)c1ccnn1C)Cc1ccccc1. The lowest BCUT2D eigenvalue weighted by Gasteiger charge is -2.21. The molecule has 0 aliphatic heterocycles. The maximum absolute atomic E-state index is 4.35. The largest absolute Gasteiger partial charge is 0.301 e. The number of thioether (sulfide) groups is 1. The highest BCUT2D eigenvalue weighted by molar-refractivity contribution is 7.99. The van der Waals surface area contributed by atoms with Gasteiger partial charge in [0, 0.05) is 32.1 Å². The third kappa shape index (κ3) is 4.97. The van der Waals surface area contributed by atoms with Crippen molar-refractivity contribution in [1.29, 1.82) is 0 Å². The van der Waals surface area contributed by atoms with Crippen LogP contribution in [0, 0.1) is 0 Å². The van der Waals surface area contributed by atoms with Crippen molar-refractivity contribution < 1.29 is 0 Å². The fraction of sp³-hybridized carbons (Fsp3) is 0.286. The van der Waals surface area contributed by atoms with Crippen molar-refractivity contribution in [3.63, 3.8) is 0 Å². The van der Waals surface area contributed by atoms with Gasteiger partial charge in [-0.15, -0.1) is 11.8 Å². The van der Waals surface area contributed by atoms with Crippen LogP contribution in [0.25, 0.3) is 0 Å². The number of hydrogen-bond donors (Lipinski definition) is 0. The predicted molar refractivity (Wildman–Crippen MR) is 107 cm³/mol. The molecule has 3 aromatic rings. The molecule has 3 nitrogen and oxygen atoms in total. The molecule has 2 aromatic carbocycles. The summed E-state index contributed by atoms with van der Waals surface area (Å²) in [6.07, 6.45) is 1.88. The van der Waals surface area contributed by atoms with Crippen LogP contribution < -0.4 is 0 Å². The molecule has 0 amide bonds. The summed E-state index contributed by atoms with van der Waals surface area (Å²) >= 11 is 1.98. The van der Waals surface area contributed by atoms with E-state index in [1.54, 1.807) is 0 Å². The molecule has 1 atom stereocenters. The number of aromatic nitrogens is 2. The van der Waals surface area contributed by atoms with Crippen LogP contribution in [0.3, 0.4) is 0 Å². The van der Waals surface area contributed by atoms with Gasteiger partial charge in [-0.25, -0.2) is 0 Å². The average Bonchev–Trinajstić information content (AvgIpc) is 3.06. The minimum Gasteiger partial charge on any atom is -0.301 e. The summed E-state index contributed by atoms with van der Waals surface area (Å²) in [5, 5.41) is 4.67. The monoisotopic (exact) mass is 351 g/mol. The van der Waals surface area contributed by atoms with Crippen molar-refractivity contribution in [2.75, 3.05) is 19.3 Å². The molecule has 25 heavy (non-hydrogen) atoms. The van der Waals surface area contributed by atoms with Gasteiger partial charge in [-0.05, 0) is 24.2 Å². The molecule has 1 heterocycles. The number of benzene rings is 2. The molecule has 0 aliphatic carbocycles. The molecule has 130 valence electrons. The Morgan fingerprint density at radius 1 is 1.00 bits per heavy atom. The normalized spacial score (nSPS) is 12.4. The van der Waals surface area contributed by atoms with Crippen LogP contribution in [0.15, 0.2) is 72.9 Å².